The maximum atomic E-state index is 12.3. The molecular weight excluding hydrogens is 197 g/mol. The second kappa shape index (κ2) is 3.70. The number of halogens is 3. The minimum Gasteiger partial charge on any atom is -0.352 e. The number of alkyl halides is 3. The van der Waals surface area contributed by atoms with E-state index in [2.05, 4.69) is 4.74 Å². The maximum Gasteiger partial charge on any atom is 0.414 e. The molecule has 5 heteroatoms. The van der Waals surface area contributed by atoms with E-state index in [0.29, 0.717) is 0 Å². The zero-order valence-electron chi connectivity index (χ0n) is 8.52. The molecule has 0 aliphatic carbocycles. The molecule has 0 aromatic heterocycles. The fourth-order valence-corrected chi connectivity index (χ4v) is 1.37. The normalized spacial score (nSPS) is 30.4. The fraction of sp³-hybridized carbons (Fsp3) is 1.00. The highest BCUT2D eigenvalue weighted by molar-refractivity contribution is 4.82. The average molecular weight is 212 g/mol. The van der Waals surface area contributed by atoms with Crippen molar-refractivity contribution in [2.75, 3.05) is 6.79 Å². The van der Waals surface area contributed by atoms with Crippen molar-refractivity contribution in [1.82, 2.24) is 0 Å². The quantitative estimate of drug-likeness (QED) is 0.614. The Balaban J connectivity index is 2.61. The van der Waals surface area contributed by atoms with Crippen LogP contribution in [0.5, 0.6) is 0 Å². The standard InChI is InChI=1S/C9H15F3O2/c1-8(2,3)6-4-7(9(10,11)12)14-5-13-6/h6-7H,4-5H2,1-3H3/t6-,7+/m1/s1. The molecule has 0 aromatic carbocycles. The zero-order chi connectivity index (χ0) is 11.0. The lowest BCUT2D eigenvalue weighted by Gasteiger charge is -2.37. The van der Waals surface area contributed by atoms with Crippen molar-refractivity contribution >= 4 is 0 Å². The zero-order valence-corrected chi connectivity index (χ0v) is 8.52. The third kappa shape index (κ3) is 2.85. The van der Waals surface area contributed by atoms with Crippen LogP contribution in [0, 0.1) is 5.41 Å². The van der Waals surface area contributed by atoms with E-state index < -0.39 is 18.4 Å². The molecule has 14 heavy (non-hydrogen) atoms. The molecule has 1 heterocycles. The first-order valence-corrected chi connectivity index (χ1v) is 4.51. The van der Waals surface area contributed by atoms with Crippen molar-refractivity contribution in [3.05, 3.63) is 0 Å². The van der Waals surface area contributed by atoms with Crippen LogP contribution in [-0.4, -0.2) is 25.2 Å². The Morgan fingerprint density at radius 3 is 1.93 bits per heavy atom. The van der Waals surface area contributed by atoms with E-state index in [4.69, 9.17) is 4.74 Å². The van der Waals surface area contributed by atoms with Gasteiger partial charge < -0.3 is 9.47 Å². The van der Waals surface area contributed by atoms with Gasteiger partial charge in [0.05, 0.1) is 6.10 Å². The summed E-state index contributed by atoms with van der Waals surface area (Å²) in [6.07, 6.45) is -6.48. The first kappa shape index (κ1) is 11.8. The Hall–Kier alpha value is -0.290. The fourth-order valence-electron chi connectivity index (χ4n) is 1.37. The van der Waals surface area contributed by atoms with Crippen molar-refractivity contribution in [1.29, 1.82) is 0 Å². The largest absolute Gasteiger partial charge is 0.414 e. The number of hydrogen-bond donors (Lipinski definition) is 0. The van der Waals surface area contributed by atoms with Crippen LogP contribution >= 0.6 is 0 Å². The number of hydrogen-bond acceptors (Lipinski definition) is 2. The summed E-state index contributed by atoms with van der Waals surface area (Å²) in [6.45, 7) is 5.30. The van der Waals surface area contributed by atoms with Gasteiger partial charge in [0.1, 0.15) is 6.79 Å². The molecule has 0 saturated carbocycles. The summed E-state index contributed by atoms with van der Waals surface area (Å²) in [5.41, 5.74) is -0.284. The lowest BCUT2D eigenvalue weighted by atomic mass is 9.85. The topological polar surface area (TPSA) is 18.5 Å². The summed E-state index contributed by atoms with van der Waals surface area (Å²) >= 11 is 0. The highest BCUT2D eigenvalue weighted by Gasteiger charge is 2.46. The molecule has 0 amide bonds. The second-order valence-corrected chi connectivity index (χ2v) is 4.57. The average Bonchev–Trinajstić information content (AvgIpc) is 2.01. The number of rotatable bonds is 0. The summed E-state index contributed by atoms with van der Waals surface area (Å²) in [5.74, 6) is 0. The van der Waals surface area contributed by atoms with E-state index in [1.807, 2.05) is 20.8 Å². The molecule has 1 rings (SSSR count). The van der Waals surface area contributed by atoms with Crippen molar-refractivity contribution in [2.45, 2.75) is 45.6 Å². The summed E-state index contributed by atoms with van der Waals surface area (Å²) in [7, 11) is 0. The van der Waals surface area contributed by atoms with Crippen molar-refractivity contribution < 1.29 is 22.6 Å². The monoisotopic (exact) mass is 212 g/mol. The van der Waals surface area contributed by atoms with Crippen LogP contribution in [0.25, 0.3) is 0 Å². The predicted octanol–water partition coefficient (Wildman–Crippen LogP) is 2.73. The van der Waals surface area contributed by atoms with Crippen LogP contribution in [0.15, 0.2) is 0 Å². The molecule has 0 bridgehead atoms. The smallest absolute Gasteiger partial charge is 0.352 e. The highest BCUT2D eigenvalue weighted by atomic mass is 19.4. The Kier molecular flexibility index (Phi) is 3.11. The third-order valence-corrected chi connectivity index (χ3v) is 2.30. The van der Waals surface area contributed by atoms with Crippen LogP contribution in [0.2, 0.25) is 0 Å². The van der Waals surface area contributed by atoms with E-state index in [9.17, 15) is 13.2 Å². The number of ether oxygens (including phenoxy) is 2. The second-order valence-electron chi connectivity index (χ2n) is 4.57. The first-order chi connectivity index (χ1) is 6.21. The molecule has 1 saturated heterocycles. The van der Waals surface area contributed by atoms with Gasteiger partial charge in [-0.25, -0.2) is 0 Å². The van der Waals surface area contributed by atoms with Crippen LogP contribution < -0.4 is 0 Å². The van der Waals surface area contributed by atoms with E-state index >= 15 is 0 Å². The summed E-state index contributed by atoms with van der Waals surface area (Å²) in [4.78, 5) is 0. The first-order valence-electron chi connectivity index (χ1n) is 4.51. The SMILES string of the molecule is CC(C)(C)[C@H]1C[C@@H](C(F)(F)F)OCO1. The van der Waals surface area contributed by atoms with E-state index in [1.54, 1.807) is 0 Å². The van der Waals surface area contributed by atoms with Crippen molar-refractivity contribution in [3.8, 4) is 0 Å². The van der Waals surface area contributed by atoms with Gasteiger partial charge in [-0.3, -0.25) is 0 Å². The highest BCUT2D eigenvalue weighted by Crippen LogP contribution is 2.35. The molecule has 2 atom stereocenters. The van der Waals surface area contributed by atoms with Gasteiger partial charge in [0, 0.05) is 6.42 Å². The summed E-state index contributed by atoms with van der Waals surface area (Å²) < 4.78 is 46.6. The summed E-state index contributed by atoms with van der Waals surface area (Å²) in [5, 5.41) is 0. The summed E-state index contributed by atoms with van der Waals surface area (Å²) in [6, 6.07) is 0. The maximum absolute atomic E-state index is 12.3. The van der Waals surface area contributed by atoms with Gasteiger partial charge in [-0.15, -0.1) is 0 Å². The van der Waals surface area contributed by atoms with Crippen LogP contribution in [0.3, 0.4) is 0 Å². The molecule has 0 spiro atoms. The van der Waals surface area contributed by atoms with Crippen molar-refractivity contribution in [2.24, 2.45) is 5.41 Å². The van der Waals surface area contributed by atoms with Crippen LogP contribution in [0.4, 0.5) is 13.2 Å². The lowest BCUT2D eigenvalue weighted by molar-refractivity contribution is -0.291. The molecule has 1 fully saturated rings. The molecular formula is C9H15F3O2. The molecule has 84 valence electrons. The molecule has 2 nitrogen and oxygen atoms in total. The van der Waals surface area contributed by atoms with Gasteiger partial charge in [-0.1, -0.05) is 20.8 Å². The molecule has 0 radical (unpaired) electrons. The van der Waals surface area contributed by atoms with Gasteiger partial charge >= 0.3 is 6.18 Å². The Morgan fingerprint density at radius 2 is 1.50 bits per heavy atom. The molecule has 0 aromatic rings. The predicted molar refractivity (Wildman–Crippen MR) is 44.7 cm³/mol. The van der Waals surface area contributed by atoms with E-state index in [1.165, 1.54) is 0 Å². The van der Waals surface area contributed by atoms with E-state index in [-0.39, 0.29) is 18.6 Å². The van der Waals surface area contributed by atoms with Gasteiger partial charge in [-0.2, -0.15) is 13.2 Å². The van der Waals surface area contributed by atoms with Crippen LogP contribution in [0.1, 0.15) is 27.2 Å². The molecule has 0 unspecified atom stereocenters. The Labute approximate surface area is 81.4 Å². The molecule has 1 aliphatic rings. The minimum atomic E-state index is -4.28. The lowest BCUT2D eigenvalue weighted by Crippen LogP contribution is -2.45. The van der Waals surface area contributed by atoms with Gasteiger partial charge in [0.15, 0.2) is 6.10 Å². The van der Waals surface area contributed by atoms with Gasteiger partial charge in [0.2, 0.25) is 0 Å². The van der Waals surface area contributed by atoms with Crippen molar-refractivity contribution in [3.63, 3.8) is 0 Å². The van der Waals surface area contributed by atoms with Gasteiger partial charge in [0.25, 0.3) is 0 Å². The third-order valence-electron chi connectivity index (χ3n) is 2.30. The van der Waals surface area contributed by atoms with Gasteiger partial charge in [-0.05, 0) is 5.41 Å². The minimum absolute atomic E-state index is 0.118. The van der Waals surface area contributed by atoms with E-state index in [0.717, 1.165) is 0 Å². The Morgan fingerprint density at radius 1 is 1.00 bits per heavy atom. The molecule has 0 N–H and O–H groups in total. The molecule has 1 aliphatic heterocycles. The van der Waals surface area contributed by atoms with Crippen LogP contribution in [-0.2, 0) is 9.47 Å². The Bertz CT molecular complexity index is 175.